The molecule has 2 aromatic heterocycles. The number of aromatic nitrogens is 2. The van der Waals surface area contributed by atoms with Gasteiger partial charge in [-0.15, -0.1) is 0 Å². The van der Waals surface area contributed by atoms with Gasteiger partial charge in [-0.2, -0.15) is 21.6 Å². The summed E-state index contributed by atoms with van der Waals surface area (Å²) in [4.78, 5) is 16.0. The summed E-state index contributed by atoms with van der Waals surface area (Å²) in [6, 6.07) is 15.8. The first-order valence-electron chi connectivity index (χ1n) is 12.8. The number of carboxylic acid groups (broad SMARTS) is 1. The molecule has 10 nitrogen and oxygen atoms in total. The molecule has 0 aliphatic heterocycles. The molecule has 4 rings (SSSR count). The molecule has 14 heteroatoms. The van der Waals surface area contributed by atoms with Crippen LogP contribution in [0, 0.1) is 0 Å². The van der Waals surface area contributed by atoms with Crippen molar-refractivity contribution in [2.24, 2.45) is 0 Å². The van der Waals surface area contributed by atoms with Crippen LogP contribution in [0.4, 0.5) is 24.7 Å². The van der Waals surface area contributed by atoms with Crippen molar-refractivity contribution in [1.29, 1.82) is 0 Å². The summed E-state index contributed by atoms with van der Waals surface area (Å²) in [6.07, 6.45) is 1.36. The van der Waals surface area contributed by atoms with Crippen molar-refractivity contribution in [3.63, 3.8) is 0 Å². The molecule has 0 radical (unpaired) electrons. The van der Waals surface area contributed by atoms with Gasteiger partial charge in [0, 0.05) is 48.8 Å². The Hall–Kier alpha value is -4.14. The van der Waals surface area contributed by atoms with Crippen LogP contribution in [-0.4, -0.2) is 59.3 Å². The number of carbonyl (C=O) groups is 1. The first-order chi connectivity index (χ1) is 19.7. The van der Waals surface area contributed by atoms with E-state index in [4.69, 9.17) is 5.73 Å². The minimum absolute atomic E-state index is 0.0160. The average Bonchev–Trinajstić information content (AvgIpc) is 3.29. The zero-order valence-electron chi connectivity index (χ0n) is 22.7. The molecule has 5 N–H and O–H groups in total. The van der Waals surface area contributed by atoms with E-state index in [1.165, 1.54) is 30.5 Å². The molecule has 0 saturated carbocycles. The van der Waals surface area contributed by atoms with Crippen molar-refractivity contribution >= 4 is 38.4 Å². The summed E-state index contributed by atoms with van der Waals surface area (Å²) < 4.78 is 63.8. The zero-order valence-corrected chi connectivity index (χ0v) is 23.5. The summed E-state index contributed by atoms with van der Waals surface area (Å²) >= 11 is 0. The van der Waals surface area contributed by atoms with Crippen LogP contribution < -0.4 is 15.4 Å². The van der Waals surface area contributed by atoms with Crippen LogP contribution in [0.2, 0.25) is 0 Å². The number of aliphatic hydroxyl groups is 1. The summed E-state index contributed by atoms with van der Waals surface area (Å²) in [5, 5.41) is 24.2. The zero-order chi connectivity index (χ0) is 30.8. The van der Waals surface area contributed by atoms with Crippen molar-refractivity contribution in [1.82, 2.24) is 14.9 Å². The van der Waals surface area contributed by atoms with E-state index in [-0.39, 0.29) is 28.3 Å². The molecule has 0 saturated heterocycles. The fourth-order valence-electron chi connectivity index (χ4n) is 4.55. The lowest BCUT2D eigenvalue weighted by Gasteiger charge is -2.21. The van der Waals surface area contributed by atoms with Gasteiger partial charge in [0.15, 0.2) is 0 Å². The van der Waals surface area contributed by atoms with Crippen molar-refractivity contribution in [2.75, 3.05) is 23.6 Å². The molecule has 0 spiro atoms. The summed E-state index contributed by atoms with van der Waals surface area (Å²) in [6.45, 7) is 2.36. The quantitative estimate of drug-likeness (QED) is 0.201. The van der Waals surface area contributed by atoms with Gasteiger partial charge in [-0.1, -0.05) is 24.3 Å². The number of sulfonamides is 1. The Morgan fingerprint density at radius 2 is 1.76 bits per heavy atom. The molecule has 0 amide bonds. The lowest BCUT2D eigenvalue weighted by Crippen LogP contribution is -2.38. The second kappa shape index (κ2) is 12.0. The number of carboxylic acids is 1. The van der Waals surface area contributed by atoms with E-state index < -0.39 is 27.6 Å². The molecule has 0 fully saturated rings. The number of nitrogens with zero attached hydrogens (tertiary/aromatic N) is 3. The highest BCUT2D eigenvalue weighted by Crippen LogP contribution is 2.30. The third-order valence-corrected chi connectivity index (χ3v) is 8.39. The lowest BCUT2D eigenvalue weighted by molar-refractivity contribution is -0.0437. The standard InChI is InChI=1S/C28H30F3N5O5S/c1-17(33-15-25(37)20-6-10-26(32)34-14-20)11-19-5-9-23-21(12-19)13-24(27(38)39)36(23)16-18-3-7-22(8-4-18)35(2)42(40,41)28(29,30)31/h3-10,12-14,17,25,33,37H,11,15-16H2,1-2H3,(H2,32,34)(H,38,39). The highest BCUT2D eigenvalue weighted by atomic mass is 32.2. The lowest BCUT2D eigenvalue weighted by atomic mass is 10.0. The van der Waals surface area contributed by atoms with Crippen molar-refractivity contribution < 1.29 is 36.6 Å². The number of halogens is 3. The number of aliphatic hydroxyl groups excluding tert-OH is 1. The van der Waals surface area contributed by atoms with Gasteiger partial charge in [0.1, 0.15) is 11.5 Å². The maximum absolute atomic E-state index is 12.9. The fraction of sp³-hybridized carbons (Fsp3) is 0.286. The molecular weight excluding hydrogens is 575 g/mol. The molecule has 2 unspecified atom stereocenters. The Morgan fingerprint density at radius 1 is 1.10 bits per heavy atom. The van der Waals surface area contributed by atoms with Gasteiger partial charge in [0.05, 0.1) is 11.8 Å². The van der Waals surface area contributed by atoms with Crippen LogP contribution in [0.15, 0.2) is 66.9 Å². The van der Waals surface area contributed by atoms with Crippen LogP contribution in [0.5, 0.6) is 0 Å². The van der Waals surface area contributed by atoms with Gasteiger partial charge in [0.25, 0.3) is 0 Å². The number of nitrogens with two attached hydrogens (primary N) is 1. The predicted octanol–water partition coefficient (Wildman–Crippen LogP) is 3.91. The minimum Gasteiger partial charge on any atom is -0.477 e. The van der Waals surface area contributed by atoms with E-state index in [0.29, 0.717) is 40.8 Å². The molecule has 2 heterocycles. The van der Waals surface area contributed by atoms with Crippen LogP contribution in [0.25, 0.3) is 10.9 Å². The molecule has 0 aliphatic carbocycles. The Morgan fingerprint density at radius 3 is 2.36 bits per heavy atom. The topological polar surface area (TPSA) is 151 Å². The van der Waals surface area contributed by atoms with Crippen LogP contribution >= 0.6 is 0 Å². The third-order valence-electron chi connectivity index (χ3n) is 6.87. The van der Waals surface area contributed by atoms with Gasteiger partial charge in [-0.3, -0.25) is 4.31 Å². The van der Waals surface area contributed by atoms with Crippen LogP contribution in [0.3, 0.4) is 0 Å². The minimum atomic E-state index is -5.55. The maximum atomic E-state index is 12.9. The number of aromatic carboxylic acids is 1. The smallest absolute Gasteiger partial charge is 0.477 e. The largest absolute Gasteiger partial charge is 0.516 e. The third kappa shape index (κ3) is 6.66. The fourth-order valence-corrected chi connectivity index (χ4v) is 5.26. The van der Waals surface area contributed by atoms with Crippen molar-refractivity contribution in [2.45, 2.75) is 37.5 Å². The highest BCUT2D eigenvalue weighted by Gasteiger charge is 2.49. The Balaban J connectivity index is 1.48. The Labute approximate surface area is 240 Å². The number of benzene rings is 2. The number of fused-ring (bicyclic) bond motifs is 1. The van der Waals surface area contributed by atoms with E-state index in [1.807, 2.05) is 19.1 Å². The number of hydrogen-bond donors (Lipinski definition) is 4. The van der Waals surface area contributed by atoms with Crippen LogP contribution in [0.1, 0.15) is 40.2 Å². The first kappa shape index (κ1) is 30.8. The Kier molecular flexibility index (Phi) is 8.80. The average molecular weight is 606 g/mol. The first-order valence-corrected chi connectivity index (χ1v) is 14.2. The van der Waals surface area contributed by atoms with Crippen molar-refractivity contribution in [3.05, 3.63) is 89.2 Å². The molecule has 42 heavy (non-hydrogen) atoms. The normalized spacial score (nSPS) is 13.7. The number of nitrogens with one attached hydrogen (secondary N) is 1. The van der Waals surface area contributed by atoms with Gasteiger partial charge < -0.3 is 25.8 Å². The highest BCUT2D eigenvalue weighted by molar-refractivity contribution is 7.93. The second-order valence-electron chi connectivity index (χ2n) is 9.94. The summed E-state index contributed by atoms with van der Waals surface area (Å²) in [7, 11) is -4.73. The molecule has 224 valence electrons. The van der Waals surface area contributed by atoms with E-state index in [0.717, 1.165) is 12.6 Å². The SMILES string of the molecule is CC(Cc1ccc2c(c1)cc(C(=O)O)n2Cc1ccc(N(C)S(=O)(=O)C(F)(F)F)cc1)NCC(O)c1ccc(N)nc1. The van der Waals surface area contributed by atoms with Gasteiger partial charge in [0.2, 0.25) is 0 Å². The maximum Gasteiger partial charge on any atom is 0.516 e. The molecule has 0 bridgehead atoms. The number of alkyl halides is 3. The second-order valence-corrected chi connectivity index (χ2v) is 11.9. The molecule has 4 aromatic rings. The number of pyridine rings is 1. The number of anilines is 2. The van der Waals surface area contributed by atoms with E-state index in [2.05, 4.69) is 10.3 Å². The Bertz CT molecular complexity index is 1670. The molecule has 2 aromatic carbocycles. The van der Waals surface area contributed by atoms with E-state index >= 15 is 0 Å². The predicted molar refractivity (Wildman–Crippen MR) is 153 cm³/mol. The van der Waals surface area contributed by atoms with Crippen molar-refractivity contribution in [3.8, 4) is 0 Å². The van der Waals surface area contributed by atoms with Gasteiger partial charge >= 0.3 is 21.5 Å². The van der Waals surface area contributed by atoms with E-state index in [1.54, 1.807) is 28.8 Å². The van der Waals surface area contributed by atoms with Gasteiger partial charge in [-0.05, 0) is 60.9 Å². The number of rotatable bonds is 11. The van der Waals surface area contributed by atoms with Crippen LogP contribution in [-0.2, 0) is 23.0 Å². The number of nitrogen functional groups attached to an aromatic ring is 1. The monoisotopic (exact) mass is 605 g/mol. The van der Waals surface area contributed by atoms with E-state index in [9.17, 15) is 36.6 Å². The molecule has 0 aliphatic rings. The summed E-state index contributed by atoms with van der Waals surface area (Å²) in [5.74, 6) is -0.785. The molecular formula is C28H30F3N5O5S. The van der Waals surface area contributed by atoms with Gasteiger partial charge in [-0.25, -0.2) is 9.78 Å². The molecule has 2 atom stereocenters. The summed E-state index contributed by atoms with van der Waals surface area (Å²) in [5.41, 5.74) is 2.77. The number of hydrogen-bond acceptors (Lipinski definition) is 7.